The summed E-state index contributed by atoms with van der Waals surface area (Å²) in [5.74, 6) is 1.52. The second-order valence-electron chi connectivity index (χ2n) is 8.00. The first kappa shape index (κ1) is 19.4. The Balaban J connectivity index is 1.22. The standard InChI is InChI=1S/C26H25N3O2/c30-25(27-21-13-15-23(16-14-21)31-22-10-5-2-6-11-22)19-28-18-24(20-8-3-1-4-9-20)29-17-7-12-26(28)29/h1-6,8-11,13-16,18,26H,7,12,17,19H2,(H,27,30)/p+1. The highest BCUT2D eigenvalue weighted by molar-refractivity contribution is 5.92. The minimum atomic E-state index is -0.00598. The Morgan fingerprint density at radius 3 is 2.35 bits per heavy atom. The number of nitrogens with zero attached hydrogens (tertiary/aromatic N) is 1. The fraction of sp³-hybridized carbons (Fsp3) is 0.192. The maximum atomic E-state index is 12.8. The summed E-state index contributed by atoms with van der Waals surface area (Å²) in [6, 6.07) is 27.6. The van der Waals surface area contributed by atoms with E-state index >= 15 is 0 Å². The van der Waals surface area contributed by atoms with Crippen molar-refractivity contribution in [3.05, 3.63) is 96.7 Å². The van der Waals surface area contributed by atoms with Crippen molar-refractivity contribution in [1.29, 1.82) is 0 Å². The minimum absolute atomic E-state index is 0.00598. The number of carbonyl (C=O) groups is 1. The number of carbonyl (C=O) groups excluding carboxylic acids is 1. The van der Waals surface area contributed by atoms with Crippen molar-refractivity contribution < 1.29 is 14.4 Å². The van der Waals surface area contributed by atoms with Crippen LogP contribution >= 0.6 is 0 Å². The molecule has 0 aromatic heterocycles. The van der Waals surface area contributed by atoms with E-state index in [0.717, 1.165) is 30.2 Å². The third-order valence-electron chi connectivity index (χ3n) is 5.90. The summed E-state index contributed by atoms with van der Waals surface area (Å²) in [5, 5.41) is 3.02. The van der Waals surface area contributed by atoms with Gasteiger partial charge in [0.25, 0.3) is 0 Å². The van der Waals surface area contributed by atoms with Gasteiger partial charge in [-0.05, 0) is 48.5 Å². The number of para-hydroxylation sites is 1. The van der Waals surface area contributed by atoms with Crippen LogP contribution in [0.15, 0.2) is 91.1 Å². The van der Waals surface area contributed by atoms with E-state index in [4.69, 9.17) is 4.74 Å². The highest BCUT2D eigenvalue weighted by atomic mass is 16.5. The molecule has 1 fully saturated rings. The maximum Gasteiger partial charge on any atom is 0.244 e. The van der Waals surface area contributed by atoms with E-state index in [1.807, 2.05) is 60.7 Å². The van der Waals surface area contributed by atoms with Crippen LogP contribution in [-0.2, 0) is 4.79 Å². The maximum absolute atomic E-state index is 12.8. The van der Waals surface area contributed by atoms with Gasteiger partial charge in [0, 0.05) is 24.1 Å². The first-order chi connectivity index (χ1) is 15.3. The van der Waals surface area contributed by atoms with Crippen LogP contribution in [0, 0.1) is 0 Å². The highest BCUT2D eigenvalue weighted by Crippen LogP contribution is 2.24. The summed E-state index contributed by atoms with van der Waals surface area (Å²) in [5.41, 5.74) is 3.30. The molecule has 0 aliphatic carbocycles. The van der Waals surface area contributed by atoms with Crippen molar-refractivity contribution in [2.45, 2.75) is 19.0 Å². The normalized spacial score (nSPS) is 19.6. The lowest BCUT2D eigenvalue weighted by atomic mass is 10.1. The van der Waals surface area contributed by atoms with E-state index in [9.17, 15) is 4.79 Å². The number of nitrogens with one attached hydrogen (secondary N) is 2. The van der Waals surface area contributed by atoms with E-state index in [2.05, 4.69) is 40.7 Å². The zero-order chi connectivity index (χ0) is 21.0. The average molecular weight is 413 g/mol. The van der Waals surface area contributed by atoms with Gasteiger partial charge in [0.1, 0.15) is 18.0 Å². The summed E-state index contributed by atoms with van der Waals surface area (Å²) in [4.78, 5) is 16.4. The summed E-state index contributed by atoms with van der Waals surface area (Å²) in [6.45, 7) is 1.47. The van der Waals surface area contributed by atoms with Gasteiger partial charge in [0.05, 0.1) is 12.7 Å². The number of amides is 1. The van der Waals surface area contributed by atoms with Gasteiger partial charge in [0.2, 0.25) is 5.91 Å². The number of hydrogen-bond acceptors (Lipinski definition) is 3. The lowest BCUT2D eigenvalue weighted by molar-refractivity contribution is -0.843. The Kier molecular flexibility index (Phi) is 5.42. The topological polar surface area (TPSA) is 46.0 Å². The average Bonchev–Trinajstić information content (AvgIpc) is 3.40. The van der Waals surface area contributed by atoms with Crippen molar-refractivity contribution in [1.82, 2.24) is 4.90 Å². The number of ether oxygens (including phenoxy) is 1. The molecule has 1 amide bonds. The van der Waals surface area contributed by atoms with E-state index < -0.39 is 0 Å². The Hall–Kier alpha value is -3.57. The lowest BCUT2D eigenvalue weighted by Crippen LogP contribution is -3.10. The number of rotatable bonds is 6. The Bertz CT molecular complexity index is 1060. The molecule has 2 heterocycles. The molecule has 2 atom stereocenters. The third-order valence-corrected chi connectivity index (χ3v) is 5.90. The quantitative estimate of drug-likeness (QED) is 0.649. The molecular formula is C26H26N3O2+. The molecule has 0 saturated carbocycles. The van der Waals surface area contributed by atoms with Crippen molar-refractivity contribution in [3.8, 4) is 11.5 Å². The second kappa shape index (κ2) is 8.66. The smallest absolute Gasteiger partial charge is 0.244 e. The molecule has 5 heteroatoms. The van der Waals surface area contributed by atoms with E-state index in [0.29, 0.717) is 12.7 Å². The van der Waals surface area contributed by atoms with Gasteiger partial charge in [-0.3, -0.25) is 9.69 Å². The van der Waals surface area contributed by atoms with Crippen molar-refractivity contribution in [3.63, 3.8) is 0 Å². The predicted octanol–water partition coefficient (Wildman–Crippen LogP) is 3.74. The number of fused-ring (bicyclic) bond motifs is 1. The van der Waals surface area contributed by atoms with Gasteiger partial charge in [-0.2, -0.15) is 0 Å². The van der Waals surface area contributed by atoms with Crippen molar-refractivity contribution in [2.75, 3.05) is 18.4 Å². The van der Waals surface area contributed by atoms with Gasteiger partial charge in [-0.1, -0.05) is 36.4 Å². The highest BCUT2D eigenvalue weighted by Gasteiger charge is 2.42. The fourth-order valence-electron chi connectivity index (χ4n) is 4.48. The van der Waals surface area contributed by atoms with Crippen LogP contribution in [0.3, 0.4) is 0 Å². The molecule has 0 bridgehead atoms. The van der Waals surface area contributed by atoms with Gasteiger partial charge >= 0.3 is 0 Å². The SMILES string of the molecule is O=C(CN1C=C(c2ccccc2)[NH+]2CCCC12)Nc1ccc(Oc2ccccc2)cc1. The molecule has 156 valence electrons. The monoisotopic (exact) mass is 412 g/mol. The van der Waals surface area contributed by atoms with Crippen LogP contribution in [0.1, 0.15) is 18.4 Å². The summed E-state index contributed by atoms with van der Waals surface area (Å²) in [7, 11) is 0. The van der Waals surface area contributed by atoms with Gasteiger partial charge in [0.15, 0.2) is 11.9 Å². The zero-order valence-corrected chi connectivity index (χ0v) is 17.3. The molecule has 0 spiro atoms. The van der Waals surface area contributed by atoms with Gasteiger partial charge < -0.3 is 15.0 Å². The molecule has 3 aromatic rings. The van der Waals surface area contributed by atoms with Gasteiger partial charge in [-0.25, -0.2) is 0 Å². The number of anilines is 1. The van der Waals surface area contributed by atoms with E-state index in [-0.39, 0.29) is 5.91 Å². The molecule has 2 N–H and O–H groups in total. The Morgan fingerprint density at radius 1 is 0.935 bits per heavy atom. The summed E-state index contributed by atoms with van der Waals surface area (Å²) in [6.07, 6.45) is 4.82. The van der Waals surface area contributed by atoms with E-state index in [1.165, 1.54) is 22.6 Å². The fourth-order valence-corrected chi connectivity index (χ4v) is 4.48. The van der Waals surface area contributed by atoms with Crippen molar-refractivity contribution in [2.24, 2.45) is 0 Å². The number of benzene rings is 3. The number of hydrogen-bond donors (Lipinski definition) is 2. The molecule has 2 unspecified atom stereocenters. The molecule has 3 aromatic carbocycles. The molecule has 2 aliphatic rings. The minimum Gasteiger partial charge on any atom is -0.457 e. The lowest BCUT2D eigenvalue weighted by Gasteiger charge is -2.23. The predicted molar refractivity (Wildman–Crippen MR) is 122 cm³/mol. The molecule has 0 radical (unpaired) electrons. The van der Waals surface area contributed by atoms with Crippen LogP contribution in [0.5, 0.6) is 11.5 Å². The number of quaternary nitrogens is 1. The largest absolute Gasteiger partial charge is 0.457 e. The Labute approximate surface area is 182 Å². The summed E-state index contributed by atoms with van der Waals surface area (Å²) < 4.78 is 5.82. The van der Waals surface area contributed by atoms with Gasteiger partial charge in [-0.15, -0.1) is 0 Å². The first-order valence-corrected chi connectivity index (χ1v) is 10.8. The van der Waals surface area contributed by atoms with E-state index in [1.54, 1.807) is 0 Å². The molecule has 1 saturated heterocycles. The van der Waals surface area contributed by atoms with Crippen LogP contribution < -0.4 is 15.0 Å². The first-order valence-electron chi connectivity index (χ1n) is 10.8. The van der Waals surface area contributed by atoms with Crippen LogP contribution in [-0.4, -0.2) is 30.1 Å². The molecule has 5 nitrogen and oxygen atoms in total. The van der Waals surface area contributed by atoms with Crippen molar-refractivity contribution >= 4 is 17.3 Å². The summed E-state index contributed by atoms with van der Waals surface area (Å²) >= 11 is 0. The molecule has 31 heavy (non-hydrogen) atoms. The Morgan fingerprint density at radius 2 is 1.61 bits per heavy atom. The van der Waals surface area contributed by atoms with Crippen LogP contribution in [0.2, 0.25) is 0 Å². The van der Waals surface area contributed by atoms with Crippen LogP contribution in [0.4, 0.5) is 5.69 Å². The van der Waals surface area contributed by atoms with Crippen LogP contribution in [0.25, 0.3) is 5.70 Å². The third kappa shape index (κ3) is 4.32. The molecule has 5 rings (SSSR count). The zero-order valence-electron chi connectivity index (χ0n) is 17.3. The molecular weight excluding hydrogens is 386 g/mol. The molecule has 2 aliphatic heterocycles. The second-order valence-corrected chi connectivity index (χ2v) is 8.00.